The Hall–Kier alpha value is -7.10. The van der Waals surface area contributed by atoms with Crippen LogP contribution in [0.2, 0.25) is 0 Å². The molecule has 0 fully saturated rings. The summed E-state index contributed by atoms with van der Waals surface area (Å²) in [6, 6.07) is 68.1. The first-order chi connectivity index (χ1) is 26.2. The summed E-state index contributed by atoms with van der Waals surface area (Å²) in [5, 5.41) is 4.69. The second-order valence-electron chi connectivity index (χ2n) is 13.4. The minimum absolute atomic E-state index is 0.684. The van der Waals surface area contributed by atoms with Crippen molar-refractivity contribution < 1.29 is 4.42 Å². The molecule has 0 aliphatic heterocycles. The van der Waals surface area contributed by atoms with Gasteiger partial charge in [0.25, 0.3) is 0 Å². The Morgan fingerprint density at radius 2 is 0.868 bits per heavy atom. The van der Waals surface area contributed by atoms with Crippen molar-refractivity contribution in [2.24, 2.45) is 0 Å². The first kappa shape index (κ1) is 30.7. The highest BCUT2D eigenvalue weighted by Crippen LogP contribution is 2.38. The van der Waals surface area contributed by atoms with Crippen LogP contribution in [-0.4, -0.2) is 9.97 Å². The molecular formula is C50H32N2O. The van der Waals surface area contributed by atoms with E-state index in [1.807, 2.05) is 30.3 Å². The zero-order valence-electron chi connectivity index (χ0n) is 28.8. The van der Waals surface area contributed by atoms with Crippen LogP contribution in [-0.2, 0) is 0 Å². The van der Waals surface area contributed by atoms with Gasteiger partial charge >= 0.3 is 0 Å². The fraction of sp³-hybridized carbons (Fsp3) is 0. The van der Waals surface area contributed by atoms with Gasteiger partial charge in [0.2, 0.25) is 0 Å². The number of furan rings is 1. The minimum Gasteiger partial charge on any atom is -0.456 e. The van der Waals surface area contributed by atoms with Gasteiger partial charge < -0.3 is 4.42 Å². The Morgan fingerprint density at radius 3 is 1.70 bits per heavy atom. The molecule has 0 saturated heterocycles. The maximum atomic E-state index is 6.32. The Kier molecular flexibility index (Phi) is 7.47. The summed E-state index contributed by atoms with van der Waals surface area (Å²) in [4.78, 5) is 10.4. The first-order valence-corrected chi connectivity index (χ1v) is 17.9. The average Bonchev–Trinajstić information content (AvgIpc) is 3.62. The summed E-state index contributed by atoms with van der Waals surface area (Å²) in [5.74, 6) is 0.684. The van der Waals surface area contributed by atoms with E-state index in [9.17, 15) is 0 Å². The molecule has 0 radical (unpaired) electrons. The summed E-state index contributed by atoms with van der Waals surface area (Å²) in [6.45, 7) is 0. The SMILES string of the molecule is c1ccc(-c2cc(-c3ccc4c(c3)oc3ccccc34)cc(-c3cc(-c4cccc(-c5cccc6ccccc56)c4)nc(-c4ccccc4)n3)c2)cc1. The molecule has 2 heterocycles. The van der Waals surface area contributed by atoms with Crippen molar-refractivity contribution in [2.45, 2.75) is 0 Å². The topological polar surface area (TPSA) is 38.9 Å². The number of nitrogens with zero attached hydrogens (tertiary/aromatic N) is 2. The van der Waals surface area contributed by atoms with Crippen molar-refractivity contribution in [1.82, 2.24) is 9.97 Å². The maximum Gasteiger partial charge on any atom is 0.160 e. The molecule has 0 amide bonds. The molecule has 248 valence electrons. The van der Waals surface area contributed by atoms with Gasteiger partial charge in [-0.05, 0) is 92.7 Å². The number of hydrogen-bond donors (Lipinski definition) is 0. The number of fused-ring (bicyclic) bond motifs is 4. The molecule has 8 aromatic carbocycles. The lowest BCUT2D eigenvalue weighted by molar-refractivity contribution is 0.669. The molecule has 10 aromatic rings. The van der Waals surface area contributed by atoms with Gasteiger partial charge in [-0.2, -0.15) is 0 Å². The van der Waals surface area contributed by atoms with Crippen LogP contribution >= 0.6 is 0 Å². The number of aromatic nitrogens is 2. The molecule has 0 unspecified atom stereocenters. The number of rotatable bonds is 6. The normalized spacial score (nSPS) is 11.4. The van der Waals surface area contributed by atoms with Crippen LogP contribution < -0.4 is 0 Å². The van der Waals surface area contributed by atoms with Gasteiger partial charge in [0, 0.05) is 27.5 Å². The van der Waals surface area contributed by atoms with Crippen molar-refractivity contribution in [3.8, 4) is 67.3 Å². The zero-order chi connectivity index (χ0) is 35.1. The molecule has 3 nitrogen and oxygen atoms in total. The van der Waals surface area contributed by atoms with Crippen LogP contribution in [0.1, 0.15) is 0 Å². The Morgan fingerprint density at radius 1 is 0.302 bits per heavy atom. The van der Waals surface area contributed by atoms with E-state index in [-0.39, 0.29) is 0 Å². The van der Waals surface area contributed by atoms with Gasteiger partial charge in [0.15, 0.2) is 5.82 Å². The van der Waals surface area contributed by atoms with Gasteiger partial charge in [0.05, 0.1) is 11.4 Å². The molecule has 2 aromatic heterocycles. The second-order valence-corrected chi connectivity index (χ2v) is 13.4. The highest BCUT2D eigenvalue weighted by Gasteiger charge is 2.16. The molecule has 0 atom stereocenters. The predicted octanol–water partition coefficient (Wildman–Crippen LogP) is 13.5. The van der Waals surface area contributed by atoms with Gasteiger partial charge in [-0.15, -0.1) is 0 Å². The maximum absolute atomic E-state index is 6.32. The summed E-state index contributed by atoms with van der Waals surface area (Å²) in [7, 11) is 0. The van der Waals surface area contributed by atoms with Gasteiger partial charge in [-0.1, -0.05) is 146 Å². The van der Waals surface area contributed by atoms with Crippen molar-refractivity contribution >= 4 is 32.7 Å². The van der Waals surface area contributed by atoms with Crippen LogP contribution in [0, 0.1) is 0 Å². The standard InChI is InChI=1S/C50H32N2O/c1-3-13-33(14-4-1)39-28-40(36-25-26-45-44-22-9-10-24-48(44)53-49(45)31-36)30-41(29-39)47-32-46(51-50(52-47)35-16-5-2-6-17-35)38-20-11-19-37(27-38)43-23-12-18-34-15-7-8-21-42(34)43/h1-32H. The molecule has 0 aliphatic carbocycles. The summed E-state index contributed by atoms with van der Waals surface area (Å²) < 4.78 is 6.32. The van der Waals surface area contributed by atoms with E-state index in [1.165, 1.54) is 16.3 Å². The largest absolute Gasteiger partial charge is 0.456 e. The monoisotopic (exact) mass is 676 g/mol. The van der Waals surface area contributed by atoms with Crippen molar-refractivity contribution in [3.63, 3.8) is 0 Å². The average molecular weight is 677 g/mol. The molecule has 10 rings (SSSR count). The predicted molar refractivity (Wildman–Crippen MR) is 219 cm³/mol. The fourth-order valence-corrected chi connectivity index (χ4v) is 7.43. The number of hydrogen-bond acceptors (Lipinski definition) is 3. The molecule has 0 aliphatic rings. The van der Waals surface area contributed by atoms with Gasteiger partial charge in [-0.3, -0.25) is 0 Å². The van der Waals surface area contributed by atoms with Crippen LogP contribution in [0.15, 0.2) is 199 Å². The van der Waals surface area contributed by atoms with Crippen molar-refractivity contribution in [1.29, 1.82) is 0 Å². The Bertz CT molecular complexity index is 2940. The van der Waals surface area contributed by atoms with E-state index < -0.39 is 0 Å². The number of para-hydroxylation sites is 1. The fourth-order valence-electron chi connectivity index (χ4n) is 7.43. The third kappa shape index (κ3) is 5.75. The highest BCUT2D eigenvalue weighted by molar-refractivity contribution is 6.06. The lowest BCUT2D eigenvalue weighted by atomic mass is 9.93. The zero-order valence-corrected chi connectivity index (χ0v) is 28.8. The first-order valence-electron chi connectivity index (χ1n) is 17.9. The van der Waals surface area contributed by atoms with E-state index in [0.717, 1.165) is 77.8 Å². The quantitative estimate of drug-likeness (QED) is 0.176. The van der Waals surface area contributed by atoms with E-state index in [1.54, 1.807) is 0 Å². The summed E-state index contributed by atoms with van der Waals surface area (Å²) >= 11 is 0. The van der Waals surface area contributed by atoms with Crippen molar-refractivity contribution in [2.75, 3.05) is 0 Å². The van der Waals surface area contributed by atoms with E-state index in [4.69, 9.17) is 14.4 Å². The molecule has 0 spiro atoms. The third-order valence-electron chi connectivity index (χ3n) is 10.1. The van der Waals surface area contributed by atoms with E-state index in [0.29, 0.717) is 5.82 Å². The lowest BCUT2D eigenvalue weighted by Gasteiger charge is -2.14. The lowest BCUT2D eigenvalue weighted by Crippen LogP contribution is -1.97. The molecular weight excluding hydrogens is 645 g/mol. The Balaban J connectivity index is 1.16. The highest BCUT2D eigenvalue weighted by atomic mass is 16.3. The van der Waals surface area contributed by atoms with Crippen LogP contribution in [0.4, 0.5) is 0 Å². The van der Waals surface area contributed by atoms with Crippen molar-refractivity contribution in [3.05, 3.63) is 194 Å². The Labute approximate surface area is 307 Å². The van der Waals surface area contributed by atoms with Crippen LogP contribution in [0.3, 0.4) is 0 Å². The summed E-state index contributed by atoms with van der Waals surface area (Å²) in [6.07, 6.45) is 0. The molecule has 0 saturated carbocycles. The molecule has 3 heteroatoms. The second kappa shape index (κ2) is 12.9. The smallest absolute Gasteiger partial charge is 0.160 e. The number of benzene rings is 8. The van der Waals surface area contributed by atoms with Gasteiger partial charge in [-0.25, -0.2) is 9.97 Å². The van der Waals surface area contributed by atoms with E-state index >= 15 is 0 Å². The third-order valence-corrected chi connectivity index (χ3v) is 10.1. The van der Waals surface area contributed by atoms with Crippen LogP contribution in [0.25, 0.3) is 100.0 Å². The van der Waals surface area contributed by atoms with Crippen LogP contribution in [0.5, 0.6) is 0 Å². The van der Waals surface area contributed by atoms with Gasteiger partial charge in [0.1, 0.15) is 11.2 Å². The van der Waals surface area contributed by atoms with E-state index in [2.05, 4.69) is 164 Å². The molecule has 0 N–H and O–H groups in total. The molecule has 0 bridgehead atoms. The molecule has 53 heavy (non-hydrogen) atoms. The minimum atomic E-state index is 0.684. The summed E-state index contributed by atoms with van der Waals surface area (Å²) in [5.41, 5.74) is 13.3.